The number of carbonyl (C=O) groups excluding carboxylic acids is 1. The molecule has 2 N–H and O–H groups in total. The number of aliphatic imine (C=N–C) groups is 1. The molecule has 1 aromatic carbocycles. The van der Waals surface area contributed by atoms with Crippen LogP contribution in [0.25, 0.3) is 0 Å². The van der Waals surface area contributed by atoms with Crippen LogP contribution in [0.5, 0.6) is 0 Å². The van der Waals surface area contributed by atoms with Crippen molar-refractivity contribution < 1.29 is 9.53 Å². The highest BCUT2D eigenvalue weighted by molar-refractivity contribution is 14.0. The number of nitrogens with one attached hydrogen (secondary N) is 2. The zero-order valence-electron chi connectivity index (χ0n) is 17.3. The zero-order chi connectivity index (χ0) is 20.4. The van der Waals surface area contributed by atoms with Crippen LogP contribution in [0.15, 0.2) is 40.7 Å². The van der Waals surface area contributed by atoms with Crippen LogP contribution in [-0.2, 0) is 22.6 Å². The third-order valence-electron chi connectivity index (χ3n) is 4.07. The Morgan fingerprint density at radius 1 is 1.31 bits per heavy atom. The van der Waals surface area contributed by atoms with E-state index in [0.29, 0.717) is 19.0 Å². The topological polar surface area (TPSA) is 78.9 Å². The van der Waals surface area contributed by atoms with Crippen molar-refractivity contribution in [1.82, 2.24) is 20.5 Å². The summed E-state index contributed by atoms with van der Waals surface area (Å²) in [5.41, 5.74) is 2.01. The Labute approximate surface area is 194 Å². The summed E-state index contributed by atoms with van der Waals surface area (Å²) < 4.78 is 5.31. The predicted octanol–water partition coefficient (Wildman–Crippen LogP) is 3.18. The molecule has 0 aliphatic rings. The molecule has 9 heteroatoms. The first-order chi connectivity index (χ1) is 13.5. The monoisotopic (exact) mass is 531 g/mol. The molecule has 0 fully saturated rings. The van der Waals surface area contributed by atoms with E-state index in [1.165, 1.54) is 0 Å². The number of hydrogen-bond donors (Lipinski definition) is 2. The van der Waals surface area contributed by atoms with E-state index in [2.05, 4.69) is 20.6 Å². The van der Waals surface area contributed by atoms with E-state index in [1.807, 2.05) is 61.5 Å². The van der Waals surface area contributed by atoms with Gasteiger partial charge in [-0.25, -0.2) is 9.98 Å². The average molecular weight is 531 g/mol. The highest BCUT2D eigenvalue weighted by Crippen LogP contribution is 2.20. The standard InChI is InChI=1S/C20H29N5O2S.HI/c1-5-21-20(23-12-18(26)22-11-16-9-7-6-8-10-16)25(3)13-17-14-28-19(24-17)15(2)27-4;/h6-10,14-15H,5,11-13H2,1-4H3,(H,21,23)(H,22,26);1H. The van der Waals surface area contributed by atoms with Gasteiger partial charge in [0.1, 0.15) is 17.7 Å². The summed E-state index contributed by atoms with van der Waals surface area (Å²) >= 11 is 1.58. The van der Waals surface area contributed by atoms with E-state index in [9.17, 15) is 4.79 Å². The van der Waals surface area contributed by atoms with Crippen molar-refractivity contribution in [1.29, 1.82) is 0 Å². The number of methoxy groups -OCH3 is 1. The molecule has 1 aromatic heterocycles. The van der Waals surface area contributed by atoms with Crippen LogP contribution < -0.4 is 10.6 Å². The van der Waals surface area contributed by atoms with E-state index in [0.717, 1.165) is 22.8 Å². The van der Waals surface area contributed by atoms with Crippen molar-refractivity contribution in [2.45, 2.75) is 33.0 Å². The maximum Gasteiger partial charge on any atom is 0.242 e. The summed E-state index contributed by atoms with van der Waals surface area (Å²) in [6, 6.07) is 9.82. The van der Waals surface area contributed by atoms with Gasteiger partial charge in [-0.3, -0.25) is 4.79 Å². The maximum absolute atomic E-state index is 12.1. The lowest BCUT2D eigenvalue weighted by Crippen LogP contribution is -2.39. The maximum atomic E-state index is 12.1. The lowest BCUT2D eigenvalue weighted by molar-refractivity contribution is -0.119. The molecule has 0 saturated heterocycles. The van der Waals surface area contributed by atoms with Gasteiger partial charge >= 0.3 is 0 Å². The second-order valence-corrected chi connectivity index (χ2v) is 7.23. The number of carbonyl (C=O) groups is 1. The summed E-state index contributed by atoms with van der Waals surface area (Å²) in [7, 11) is 3.61. The summed E-state index contributed by atoms with van der Waals surface area (Å²) in [5, 5.41) is 9.09. The quantitative estimate of drug-likeness (QED) is 0.295. The van der Waals surface area contributed by atoms with Crippen molar-refractivity contribution in [2.24, 2.45) is 4.99 Å². The van der Waals surface area contributed by atoms with Gasteiger partial charge in [0.25, 0.3) is 0 Å². The number of halogens is 1. The summed E-state index contributed by atoms with van der Waals surface area (Å²) in [6.07, 6.45) is -0.0146. The fraction of sp³-hybridized carbons (Fsp3) is 0.450. The molecule has 2 aromatic rings. The minimum absolute atomic E-state index is 0. The van der Waals surface area contributed by atoms with Gasteiger partial charge in [-0.05, 0) is 19.4 Å². The molecule has 1 amide bonds. The molecule has 2 rings (SSSR count). The van der Waals surface area contributed by atoms with Gasteiger partial charge in [0.15, 0.2) is 5.96 Å². The largest absolute Gasteiger partial charge is 0.375 e. The number of amides is 1. The summed E-state index contributed by atoms with van der Waals surface area (Å²) in [4.78, 5) is 23.2. The van der Waals surface area contributed by atoms with Crippen LogP contribution in [-0.4, -0.2) is 49.0 Å². The lowest BCUT2D eigenvalue weighted by Gasteiger charge is -2.21. The van der Waals surface area contributed by atoms with E-state index in [-0.39, 0.29) is 42.5 Å². The van der Waals surface area contributed by atoms with Crippen LogP contribution in [0.2, 0.25) is 0 Å². The Morgan fingerprint density at radius 2 is 2.03 bits per heavy atom. The fourth-order valence-corrected chi connectivity index (χ4v) is 3.31. The van der Waals surface area contributed by atoms with E-state index in [4.69, 9.17) is 4.74 Å². The molecule has 0 saturated carbocycles. The Hall–Kier alpha value is -1.72. The molecule has 0 aliphatic heterocycles. The molecule has 1 unspecified atom stereocenters. The Balaban J connectivity index is 0.00000420. The molecule has 1 atom stereocenters. The average Bonchev–Trinajstić information content (AvgIpc) is 3.18. The first-order valence-electron chi connectivity index (χ1n) is 9.30. The third-order valence-corrected chi connectivity index (χ3v) is 5.13. The van der Waals surface area contributed by atoms with Gasteiger partial charge in [0.2, 0.25) is 5.91 Å². The van der Waals surface area contributed by atoms with Gasteiger partial charge in [0.05, 0.1) is 12.2 Å². The molecule has 1 heterocycles. The number of rotatable bonds is 9. The van der Waals surface area contributed by atoms with E-state index >= 15 is 0 Å². The highest BCUT2D eigenvalue weighted by Gasteiger charge is 2.13. The molecule has 0 aliphatic carbocycles. The molecule has 0 bridgehead atoms. The first kappa shape index (κ1) is 25.3. The summed E-state index contributed by atoms with van der Waals surface area (Å²) in [6.45, 7) is 5.87. The molecule has 160 valence electrons. The number of aromatic nitrogens is 1. The van der Waals surface area contributed by atoms with Crippen LogP contribution in [0.3, 0.4) is 0 Å². The first-order valence-corrected chi connectivity index (χ1v) is 10.2. The van der Waals surface area contributed by atoms with Crippen molar-refractivity contribution in [2.75, 3.05) is 27.2 Å². The van der Waals surface area contributed by atoms with Crippen LogP contribution >= 0.6 is 35.3 Å². The number of ether oxygens (including phenoxy) is 1. The highest BCUT2D eigenvalue weighted by atomic mass is 127. The van der Waals surface area contributed by atoms with Crippen LogP contribution in [0.4, 0.5) is 0 Å². The zero-order valence-corrected chi connectivity index (χ0v) is 20.5. The Bertz CT molecular complexity index is 769. The molecule has 0 radical (unpaired) electrons. The number of thiazole rings is 1. The second-order valence-electron chi connectivity index (χ2n) is 6.34. The normalized spacial score (nSPS) is 12.1. The lowest BCUT2D eigenvalue weighted by atomic mass is 10.2. The third kappa shape index (κ3) is 8.67. The summed E-state index contributed by atoms with van der Waals surface area (Å²) in [5.74, 6) is 0.559. The number of guanidine groups is 1. The predicted molar refractivity (Wildman–Crippen MR) is 129 cm³/mol. The fourth-order valence-electron chi connectivity index (χ4n) is 2.47. The van der Waals surface area contributed by atoms with Gasteiger partial charge in [-0.15, -0.1) is 35.3 Å². The Morgan fingerprint density at radius 3 is 2.69 bits per heavy atom. The van der Waals surface area contributed by atoms with Crippen molar-refractivity contribution in [3.05, 3.63) is 52.0 Å². The number of benzene rings is 1. The SMILES string of the molecule is CCNC(=NCC(=O)NCc1ccccc1)N(C)Cc1csc(C(C)OC)n1.I. The van der Waals surface area contributed by atoms with Crippen LogP contribution in [0.1, 0.15) is 36.2 Å². The van der Waals surface area contributed by atoms with Gasteiger partial charge < -0.3 is 20.3 Å². The minimum atomic E-state index is -0.113. The van der Waals surface area contributed by atoms with Crippen molar-refractivity contribution in [3.8, 4) is 0 Å². The van der Waals surface area contributed by atoms with Crippen molar-refractivity contribution >= 4 is 47.2 Å². The molecular weight excluding hydrogens is 501 g/mol. The molecule has 0 spiro atoms. The van der Waals surface area contributed by atoms with Gasteiger partial charge in [0, 0.05) is 32.6 Å². The van der Waals surface area contributed by atoms with Gasteiger partial charge in [-0.2, -0.15) is 0 Å². The van der Waals surface area contributed by atoms with Crippen LogP contribution in [0, 0.1) is 0 Å². The Kier molecular flexibility index (Phi) is 11.8. The number of hydrogen-bond acceptors (Lipinski definition) is 5. The smallest absolute Gasteiger partial charge is 0.242 e. The van der Waals surface area contributed by atoms with Gasteiger partial charge in [-0.1, -0.05) is 30.3 Å². The van der Waals surface area contributed by atoms with Crippen molar-refractivity contribution in [3.63, 3.8) is 0 Å². The van der Waals surface area contributed by atoms with E-state index < -0.39 is 0 Å². The minimum Gasteiger partial charge on any atom is -0.375 e. The molecule has 29 heavy (non-hydrogen) atoms. The second kappa shape index (κ2) is 13.5. The van der Waals surface area contributed by atoms with E-state index in [1.54, 1.807) is 18.4 Å². The molecular formula is C20H30IN5O2S. The number of nitrogens with zero attached hydrogens (tertiary/aromatic N) is 3. The molecule has 7 nitrogen and oxygen atoms in total.